The first-order valence-corrected chi connectivity index (χ1v) is 18.7. The normalized spacial score (nSPS) is 20.4. The topological polar surface area (TPSA) is 52.7 Å². The Labute approximate surface area is 279 Å². The number of fused-ring (bicyclic) bond motifs is 1. The summed E-state index contributed by atoms with van der Waals surface area (Å²) in [5, 5.41) is 1.91. The molecule has 2 heterocycles. The molecule has 0 aromatic heterocycles. The molecule has 4 aromatic rings. The summed E-state index contributed by atoms with van der Waals surface area (Å²) in [5.74, 6) is -0.137. The van der Waals surface area contributed by atoms with E-state index in [1.807, 2.05) is 66.7 Å². The first-order valence-electron chi connectivity index (χ1n) is 17.3. The number of halogens is 1. The van der Waals surface area contributed by atoms with Crippen LogP contribution in [0.3, 0.4) is 0 Å². The minimum absolute atomic E-state index is 0.0598. The second-order valence-corrected chi connectivity index (χ2v) is 15.8. The number of benzene rings is 4. The number of rotatable bonds is 9. The van der Waals surface area contributed by atoms with Crippen LogP contribution in [-0.2, 0) is 15.6 Å². The first-order chi connectivity index (χ1) is 22.8. The maximum absolute atomic E-state index is 14.4. The molecule has 2 saturated heterocycles. The van der Waals surface area contributed by atoms with Crippen LogP contribution in [0.2, 0.25) is 0 Å². The molecule has 246 valence electrons. The molecule has 2 aliphatic heterocycles. The molecule has 1 unspecified atom stereocenters. The highest BCUT2D eigenvalue weighted by Gasteiger charge is 2.48. The van der Waals surface area contributed by atoms with E-state index in [4.69, 9.17) is 0 Å². The first kappa shape index (κ1) is 32.0. The van der Waals surface area contributed by atoms with Gasteiger partial charge in [-0.15, -0.1) is 0 Å². The Kier molecular flexibility index (Phi) is 8.98. The summed E-state index contributed by atoms with van der Waals surface area (Å²) in [4.78, 5) is 5.29. The molecular weight excluding hydrogens is 606 g/mol. The fourth-order valence-electron chi connectivity index (χ4n) is 8.57. The third-order valence-electron chi connectivity index (χ3n) is 11.5. The van der Waals surface area contributed by atoms with Crippen LogP contribution >= 0.6 is 0 Å². The molecule has 5 nitrogen and oxygen atoms in total. The Morgan fingerprint density at radius 2 is 1.45 bits per heavy atom. The van der Waals surface area contributed by atoms with E-state index < -0.39 is 16.1 Å². The number of piperidine rings is 1. The molecule has 1 N–H and O–H groups in total. The lowest BCUT2D eigenvalue weighted by atomic mass is 9.61. The van der Waals surface area contributed by atoms with Gasteiger partial charge in [-0.05, 0) is 116 Å². The smallest absolute Gasteiger partial charge is 0.241 e. The number of nitrogens with one attached hydrogen (secondary N) is 1. The zero-order valence-corrected chi connectivity index (χ0v) is 28.0. The molecule has 0 amide bonds. The van der Waals surface area contributed by atoms with Gasteiger partial charge in [0, 0.05) is 30.7 Å². The van der Waals surface area contributed by atoms with Gasteiger partial charge in [-0.3, -0.25) is 4.90 Å². The van der Waals surface area contributed by atoms with Crippen LogP contribution in [0.1, 0.15) is 75.0 Å². The van der Waals surface area contributed by atoms with E-state index in [0.29, 0.717) is 11.8 Å². The maximum Gasteiger partial charge on any atom is 0.241 e. The van der Waals surface area contributed by atoms with Crippen molar-refractivity contribution >= 4 is 20.8 Å². The van der Waals surface area contributed by atoms with Gasteiger partial charge in [0.05, 0.1) is 10.9 Å². The molecule has 3 aliphatic rings. The van der Waals surface area contributed by atoms with Crippen LogP contribution < -0.4 is 4.72 Å². The summed E-state index contributed by atoms with van der Waals surface area (Å²) in [5.41, 5.74) is 3.28. The Hall–Kier alpha value is -3.52. The predicted octanol–water partition coefficient (Wildman–Crippen LogP) is 8.55. The van der Waals surface area contributed by atoms with Gasteiger partial charge < -0.3 is 4.90 Å². The van der Waals surface area contributed by atoms with Crippen molar-refractivity contribution in [3.05, 3.63) is 126 Å². The fraction of sp³-hybridized carbons (Fsp3) is 0.400. The van der Waals surface area contributed by atoms with Crippen LogP contribution in [0.5, 0.6) is 0 Å². The number of sulfonamides is 1. The second-order valence-electron chi connectivity index (χ2n) is 14.1. The molecule has 4 aromatic carbocycles. The predicted molar refractivity (Wildman–Crippen MR) is 188 cm³/mol. The molecule has 47 heavy (non-hydrogen) atoms. The van der Waals surface area contributed by atoms with Crippen molar-refractivity contribution in [1.82, 2.24) is 14.5 Å². The van der Waals surface area contributed by atoms with E-state index in [0.717, 1.165) is 92.3 Å². The minimum atomic E-state index is -3.78. The largest absolute Gasteiger partial charge is 0.375 e. The third kappa shape index (κ3) is 6.63. The molecule has 0 radical (unpaired) electrons. The Balaban J connectivity index is 1.03. The van der Waals surface area contributed by atoms with E-state index in [-0.39, 0.29) is 16.3 Å². The molecule has 1 saturated carbocycles. The van der Waals surface area contributed by atoms with Crippen LogP contribution in [0, 0.1) is 11.2 Å². The lowest BCUT2D eigenvalue weighted by Crippen LogP contribution is -2.51. The van der Waals surface area contributed by atoms with Crippen LogP contribution in [-0.4, -0.2) is 44.4 Å². The molecule has 1 spiro atoms. The van der Waals surface area contributed by atoms with E-state index in [9.17, 15) is 12.8 Å². The van der Waals surface area contributed by atoms with Crippen molar-refractivity contribution in [2.45, 2.75) is 74.3 Å². The molecular formula is C40H46FN3O2S. The molecule has 1 atom stereocenters. The maximum atomic E-state index is 14.4. The lowest BCUT2D eigenvalue weighted by molar-refractivity contribution is -0.00890. The number of likely N-dealkylation sites (tertiary alicyclic amines) is 2. The van der Waals surface area contributed by atoms with Crippen molar-refractivity contribution < 1.29 is 12.8 Å². The van der Waals surface area contributed by atoms with Crippen molar-refractivity contribution in [2.75, 3.05) is 26.2 Å². The Bertz CT molecular complexity index is 1820. The molecule has 0 bridgehead atoms. The van der Waals surface area contributed by atoms with E-state index in [1.54, 1.807) is 24.3 Å². The Morgan fingerprint density at radius 3 is 2.15 bits per heavy atom. The lowest BCUT2D eigenvalue weighted by Gasteiger charge is -2.53. The van der Waals surface area contributed by atoms with Gasteiger partial charge in [-0.2, -0.15) is 0 Å². The van der Waals surface area contributed by atoms with Gasteiger partial charge in [-0.25, -0.2) is 17.5 Å². The summed E-state index contributed by atoms with van der Waals surface area (Å²) in [7, 11) is -3.78. The summed E-state index contributed by atoms with van der Waals surface area (Å²) in [6, 6.07) is 29.9. The van der Waals surface area contributed by atoms with Crippen molar-refractivity contribution in [3.8, 4) is 0 Å². The van der Waals surface area contributed by atoms with E-state index >= 15 is 0 Å². The second kappa shape index (κ2) is 13.2. The van der Waals surface area contributed by atoms with Gasteiger partial charge in [0.2, 0.25) is 10.0 Å². The zero-order chi connectivity index (χ0) is 32.5. The van der Waals surface area contributed by atoms with Crippen LogP contribution in [0.25, 0.3) is 10.8 Å². The monoisotopic (exact) mass is 651 g/mol. The zero-order valence-electron chi connectivity index (χ0n) is 27.2. The highest BCUT2D eigenvalue weighted by atomic mass is 32.2. The van der Waals surface area contributed by atoms with Crippen molar-refractivity contribution in [3.63, 3.8) is 0 Å². The van der Waals surface area contributed by atoms with Gasteiger partial charge in [0.15, 0.2) is 0 Å². The Morgan fingerprint density at radius 1 is 0.766 bits per heavy atom. The van der Waals surface area contributed by atoms with Crippen LogP contribution in [0.15, 0.2) is 114 Å². The molecule has 7 rings (SSSR count). The highest BCUT2D eigenvalue weighted by Crippen LogP contribution is 2.54. The van der Waals surface area contributed by atoms with Crippen molar-refractivity contribution in [1.29, 1.82) is 0 Å². The average Bonchev–Trinajstić information content (AvgIpc) is 3.65. The van der Waals surface area contributed by atoms with Gasteiger partial charge in [0.25, 0.3) is 0 Å². The van der Waals surface area contributed by atoms with Gasteiger partial charge in [0.1, 0.15) is 5.82 Å². The quantitative estimate of drug-likeness (QED) is 0.197. The highest BCUT2D eigenvalue weighted by molar-refractivity contribution is 7.89. The van der Waals surface area contributed by atoms with Gasteiger partial charge >= 0.3 is 0 Å². The average molecular weight is 652 g/mol. The van der Waals surface area contributed by atoms with Gasteiger partial charge in [-0.1, -0.05) is 79.4 Å². The summed E-state index contributed by atoms with van der Waals surface area (Å²) in [6.45, 7) is 8.55. The van der Waals surface area contributed by atoms with E-state index in [2.05, 4.69) is 27.2 Å². The minimum Gasteiger partial charge on any atom is -0.375 e. The summed E-state index contributed by atoms with van der Waals surface area (Å²) >= 11 is 0. The number of hydrogen-bond donors (Lipinski definition) is 1. The third-order valence-corrected chi connectivity index (χ3v) is 12.9. The number of nitrogens with zero attached hydrogens (tertiary/aromatic N) is 2. The molecule has 1 aliphatic carbocycles. The number of hydrogen-bond acceptors (Lipinski definition) is 4. The summed E-state index contributed by atoms with van der Waals surface area (Å²) in [6.07, 6.45) is 9.60. The molecule has 3 fully saturated rings. The van der Waals surface area contributed by atoms with Crippen LogP contribution in [0.4, 0.5) is 4.39 Å². The SMILES string of the molecule is C=C(CC(NS(=O)(=O)c1ccc2ccccc2c1)c1ccccc1)N1CCC2(CC1)CCC(c1cccc(F)c1)(N1CCCC1)CC2. The summed E-state index contributed by atoms with van der Waals surface area (Å²) < 4.78 is 44.9. The van der Waals surface area contributed by atoms with E-state index in [1.165, 1.54) is 12.8 Å². The standard InChI is InChI=1S/C40H46FN3O2S/c1-31(28-38(33-11-3-2-4-12-33)42-47(45,46)37-17-16-32-10-5-6-13-34(32)29-37)43-26-22-39(23-27-43)18-20-40(21-19-39,44-24-7-8-25-44)35-14-9-15-36(41)30-35/h2-6,9-17,29-30,38,42H,1,7-8,18-28H2. The fourth-order valence-corrected chi connectivity index (χ4v) is 9.83. The van der Waals surface area contributed by atoms with Crippen molar-refractivity contribution in [2.24, 2.45) is 5.41 Å². The molecule has 7 heteroatoms.